The molecule has 0 aliphatic heterocycles. The topological polar surface area (TPSA) is 67.6 Å². The minimum Gasteiger partial charge on any atom is -0.382 e. The lowest BCUT2D eigenvalue weighted by Gasteiger charge is -2.00. The number of hydrogen-bond acceptors (Lipinski definition) is 3. The van der Waals surface area contributed by atoms with Gasteiger partial charge in [-0.2, -0.15) is 5.10 Å². The van der Waals surface area contributed by atoms with Gasteiger partial charge in [0.1, 0.15) is 0 Å². The van der Waals surface area contributed by atoms with Crippen LogP contribution in [-0.2, 0) is 6.42 Å². The first kappa shape index (κ1) is 8.74. The van der Waals surface area contributed by atoms with Crippen molar-refractivity contribution in [3.05, 3.63) is 30.2 Å². The molecule has 4 nitrogen and oxygen atoms in total. The van der Waals surface area contributed by atoms with Crippen molar-refractivity contribution in [3.8, 4) is 11.1 Å². The summed E-state index contributed by atoms with van der Waals surface area (Å²) >= 11 is 0. The molecule has 0 atom stereocenters. The van der Waals surface area contributed by atoms with Crippen LogP contribution in [0.1, 0.15) is 12.6 Å². The molecule has 0 aromatic carbocycles. The molecule has 0 aliphatic rings. The molecule has 2 aromatic rings. The van der Waals surface area contributed by atoms with Gasteiger partial charge in [-0.1, -0.05) is 13.0 Å². The number of nitrogen functional groups attached to an aromatic ring is 1. The summed E-state index contributed by atoms with van der Waals surface area (Å²) in [4.78, 5) is 4.06. The number of H-pyrrole nitrogens is 1. The summed E-state index contributed by atoms with van der Waals surface area (Å²) in [6, 6.07) is 3.87. The second-order valence-corrected chi connectivity index (χ2v) is 3.06. The monoisotopic (exact) mass is 188 g/mol. The first-order valence-electron chi connectivity index (χ1n) is 4.56. The molecule has 0 aliphatic carbocycles. The molecule has 2 rings (SSSR count). The normalized spacial score (nSPS) is 10.4. The third-order valence-electron chi connectivity index (χ3n) is 2.17. The van der Waals surface area contributed by atoms with Crippen LogP contribution < -0.4 is 5.73 Å². The quantitative estimate of drug-likeness (QED) is 0.752. The number of nitrogens with one attached hydrogen (secondary N) is 1. The zero-order valence-electron chi connectivity index (χ0n) is 7.99. The van der Waals surface area contributed by atoms with Gasteiger partial charge in [-0.25, -0.2) is 0 Å². The largest absolute Gasteiger partial charge is 0.382 e. The Labute approximate surface area is 82.2 Å². The van der Waals surface area contributed by atoms with Crippen molar-refractivity contribution in [1.82, 2.24) is 15.2 Å². The van der Waals surface area contributed by atoms with Gasteiger partial charge in [0.2, 0.25) is 0 Å². The number of pyridine rings is 1. The lowest BCUT2D eigenvalue weighted by molar-refractivity contribution is 0.978. The van der Waals surface area contributed by atoms with Crippen molar-refractivity contribution in [2.45, 2.75) is 13.3 Å². The molecule has 0 unspecified atom stereocenters. The minimum absolute atomic E-state index is 0.537. The molecule has 0 fully saturated rings. The zero-order valence-corrected chi connectivity index (χ0v) is 7.99. The van der Waals surface area contributed by atoms with E-state index >= 15 is 0 Å². The second-order valence-electron chi connectivity index (χ2n) is 3.06. The van der Waals surface area contributed by atoms with Gasteiger partial charge in [-0.05, 0) is 12.5 Å². The highest BCUT2D eigenvalue weighted by atomic mass is 15.2. The summed E-state index contributed by atoms with van der Waals surface area (Å²) in [6.07, 6.45) is 4.42. The van der Waals surface area contributed by atoms with Gasteiger partial charge >= 0.3 is 0 Å². The number of anilines is 1. The van der Waals surface area contributed by atoms with E-state index in [9.17, 15) is 0 Å². The highest BCUT2D eigenvalue weighted by molar-refractivity contribution is 5.75. The molecule has 14 heavy (non-hydrogen) atoms. The van der Waals surface area contributed by atoms with Gasteiger partial charge in [0.15, 0.2) is 5.82 Å². The van der Waals surface area contributed by atoms with Crippen LogP contribution in [0.4, 0.5) is 5.82 Å². The maximum Gasteiger partial charge on any atom is 0.153 e. The van der Waals surface area contributed by atoms with Gasteiger partial charge in [-0.15, -0.1) is 0 Å². The van der Waals surface area contributed by atoms with Crippen molar-refractivity contribution >= 4 is 5.82 Å². The Morgan fingerprint density at radius 3 is 3.00 bits per heavy atom. The zero-order chi connectivity index (χ0) is 9.97. The Bertz CT molecular complexity index is 419. The standard InChI is InChI=1S/C10H12N4/c1-2-8-9(10(11)14-13-8)7-4-3-5-12-6-7/h3-6H,2H2,1H3,(H3,11,13,14). The van der Waals surface area contributed by atoms with Crippen LogP contribution in [0.3, 0.4) is 0 Å². The molecule has 0 radical (unpaired) electrons. The highest BCUT2D eigenvalue weighted by Gasteiger charge is 2.10. The van der Waals surface area contributed by atoms with Crippen molar-refractivity contribution in [3.63, 3.8) is 0 Å². The SMILES string of the molecule is CCc1[nH]nc(N)c1-c1cccnc1. The number of aromatic nitrogens is 3. The molecular formula is C10H12N4. The van der Waals surface area contributed by atoms with Crippen molar-refractivity contribution in [1.29, 1.82) is 0 Å². The van der Waals surface area contributed by atoms with Gasteiger partial charge < -0.3 is 5.73 Å². The summed E-state index contributed by atoms with van der Waals surface area (Å²) in [5.41, 5.74) is 8.81. The van der Waals surface area contributed by atoms with Crippen LogP contribution in [0.2, 0.25) is 0 Å². The lowest BCUT2D eigenvalue weighted by Crippen LogP contribution is -1.90. The van der Waals surface area contributed by atoms with Gasteiger partial charge in [0.25, 0.3) is 0 Å². The van der Waals surface area contributed by atoms with Gasteiger partial charge in [-0.3, -0.25) is 10.1 Å². The third kappa shape index (κ3) is 1.35. The van der Waals surface area contributed by atoms with E-state index in [1.165, 1.54) is 0 Å². The number of nitrogens with zero attached hydrogens (tertiary/aromatic N) is 2. The van der Waals surface area contributed by atoms with Gasteiger partial charge in [0, 0.05) is 29.2 Å². The maximum atomic E-state index is 5.78. The number of aryl methyl sites for hydroxylation is 1. The van der Waals surface area contributed by atoms with E-state index in [-0.39, 0.29) is 0 Å². The smallest absolute Gasteiger partial charge is 0.153 e. The first-order chi connectivity index (χ1) is 6.83. The number of nitrogens with two attached hydrogens (primary N) is 1. The predicted octanol–water partition coefficient (Wildman–Crippen LogP) is 1.62. The van der Waals surface area contributed by atoms with E-state index in [1.54, 1.807) is 12.4 Å². The van der Waals surface area contributed by atoms with Crippen LogP contribution in [0.25, 0.3) is 11.1 Å². The average molecular weight is 188 g/mol. The molecule has 72 valence electrons. The Hall–Kier alpha value is -1.84. The van der Waals surface area contributed by atoms with E-state index in [0.29, 0.717) is 5.82 Å². The summed E-state index contributed by atoms with van der Waals surface area (Å²) in [5.74, 6) is 0.537. The first-order valence-corrected chi connectivity index (χ1v) is 4.56. The van der Waals surface area contributed by atoms with Crippen LogP contribution in [0, 0.1) is 0 Å². The molecule has 0 spiro atoms. The average Bonchev–Trinajstić information content (AvgIpc) is 2.61. The molecule has 0 saturated carbocycles. The Balaban J connectivity index is 2.55. The van der Waals surface area contributed by atoms with E-state index in [2.05, 4.69) is 22.1 Å². The van der Waals surface area contributed by atoms with E-state index in [0.717, 1.165) is 23.2 Å². The van der Waals surface area contributed by atoms with Crippen LogP contribution >= 0.6 is 0 Å². The fourth-order valence-electron chi connectivity index (χ4n) is 1.48. The van der Waals surface area contributed by atoms with Crippen LogP contribution in [0.5, 0.6) is 0 Å². The maximum absolute atomic E-state index is 5.78. The molecule has 0 amide bonds. The second kappa shape index (κ2) is 3.49. The number of hydrogen-bond donors (Lipinski definition) is 2. The van der Waals surface area contributed by atoms with E-state index < -0.39 is 0 Å². The highest BCUT2D eigenvalue weighted by Crippen LogP contribution is 2.26. The summed E-state index contributed by atoms with van der Waals surface area (Å²) in [6.45, 7) is 2.06. The summed E-state index contributed by atoms with van der Waals surface area (Å²) in [5, 5.41) is 6.91. The number of aromatic amines is 1. The lowest BCUT2D eigenvalue weighted by atomic mass is 10.1. The van der Waals surface area contributed by atoms with E-state index in [4.69, 9.17) is 5.73 Å². The van der Waals surface area contributed by atoms with Crippen molar-refractivity contribution < 1.29 is 0 Å². The third-order valence-corrected chi connectivity index (χ3v) is 2.17. The Morgan fingerprint density at radius 1 is 1.50 bits per heavy atom. The fourth-order valence-corrected chi connectivity index (χ4v) is 1.48. The molecule has 2 heterocycles. The van der Waals surface area contributed by atoms with Crippen molar-refractivity contribution in [2.24, 2.45) is 0 Å². The van der Waals surface area contributed by atoms with Crippen LogP contribution in [-0.4, -0.2) is 15.2 Å². The fraction of sp³-hybridized carbons (Fsp3) is 0.200. The molecule has 3 N–H and O–H groups in total. The van der Waals surface area contributed by atoms with Gasteiger partial charge in [0.05, 0.1) is 0 Å². The molecule has 4 heteroatoms. The Kier molecular flexibility index (Phi) is 2.18. The summed E-state index contributed by atoms with van der Waals surface area (Å²) < 4.78 is 0. The number of rotatable bonds is 2. The minimum atomic E-state index is 0.537. The van der Waals surface area contributed by atoms with Crippen molar-refractivity contribution in [2.75, 3.05) is 5.73 Å². The Morgan fingerprint density at radius 2 is 2.36 bits per heavy atom. The van der Waals surface area contributed by atoms with E-state index in [1.807, 2.05) is 12.1 Å². The molecule has 0 bridgehead atoms. The predicted molar refractivity (Wildman–Crippen MR) is 55.6 cm³/mol. The van der Waals surface area contributed by atoms with Crippen LogP contribution in [0.15, 0.2) is 24.5 Å². The molecule has 2 aromatic heterocycles. The molecular weight excluding hydrogens is 176 g/mol. The summed E-state index contributed by atoms with van der Waals surface area (Å²) in [7, 11) is 0. The molecule has 0 saturated heterocycles.